The van der Waals surface area contributed by atoms with Crippen molar-refractivity contribution in [3.8, 4) is 0 Å². The Morgan fingerprint density at radius 3 is 2.78 bits per heavy atom. The summed E-state index contributed by atoms with van der Waals surface area (Å²) in [6.07, 6.45) is 0.413. The van der Waals surface area contributed by atoms with Crippen molar-refractivity contribution in [3.63, 3.8) is 0 Å². The summed E-state index contributed by atoms with van der Waals surface area (Å²) in [5, 5.41) is 4.95. The predicted octanol–water partition coefficient (Wildman–Crippen LogP) is 0.567. The molecular weight excluding hydrogens is 256 g/mol. The number of carbonyl (C=O) groups excluding carboxylic acids is 3. The lowest BCUT2D eigenvalue weighted by atomic mass is 10.3. The highest BCUT2D eigenvalue weighted by molar-refractivity contribution is 7.09. The lowest BCUT2D eigenvalue weighted by molar-refractivity contribution is -0.127. The fourth-order valence-electron chi connectivity index (χ4n) is 1.22. The van der Waals surface area contributed by atoms with Crippen LogP contribution in [0.4, 0.5) is 0 Å². The van der Waals surface area contributed by atoms with Crippen molar-refractivity contribution < 1.29 is 19.1 Å². The second-order valence-electron chi connectivity index (χ2n) is 3.60. The average Bonchev–Trinajstić information content (AvgIpc) is 2.75. The van der Waals surface area contributed by atoms with E-state index in [2.05, 4.69) is 15.0 Å². The zero-order valence-corrected chi connectivity index (χ0v) is 11.0. The van der Waals surface area contributed by atoms with Crippen molar-refractivity contribution in [2.24, 2.45) is 0 Å². The normalized spacial score (nSPS) is 9.89. The molecule has 98 valence electrons. The number of methoxy groups -OCH3 is 1. The number of carbonyl (C=O) groups is 3. The molecule has 0 radical (unpaired) electrons. The molecule has 1 aromatic heterocycles. The predicted molar refractivity (Wildman–Crippen MR) is 65.5 cm³/mol. The summed E-state index contributed by atoms with van der Waals surface area (Å²) >= 11 is 1.33. The van der Waals surface area contributed by atoms with Crippen LogP contribution in [0, 0.1) is 0 Å². The summed E-state index contributed by atoms with van der Waals surface area (Å²) in [5.74, 6) is -0.944. The highest BCUT2D eigenvalue weighted by atomic mass is 32.1. The van der Waals surface area contributed by atoms with E-state index in [1.165, 1.54) is 25.4 Å². The number of hydrogen-bond donors (Lipinski definition) is 1. The number of hydrogen-bond acceptors (Lipinski definition) is 6. The molecule has 6 nitrogen and oxygen atoms in total. The summed E-state index contributed by atoms with van der Waals surface area (Å²) < 4.78 is 4.53. The number of thiazole rings is 1. The zero-order chi connectivity index (χ0) is 13.5. The highest BCUT2D eigenvalue weighted by Crippen LogP contribution is 2.10. The van der Waals surface area contributed by atoms with E-state index in [0.717, 1.165) is 5.01 Å². The Kier molecular flexibility index (Phi) is 5.44. The first-order valence-corrected chi connectivity index (χ1v) is 6.19. The Balaban J connectivity index is 2.36. The largest absolute Gasteiger partial charge is 0.464 e. The fourth-order valence-corrected chi connectivity index (χ4v) is 1.99. The van der Waals surface area contributed by atoms with Crippen LogP contribution < -0.4 is 5.32 Å². The molecular formula is C11H14N2O4S. The van der Waals surface area contributed by atoms with Gasteiger partial charge in [-0.25, -0.2) is 9.78 Å². The molecule has 0 atom stereocenters. The molecule has 1 aromatic rings. The van der Waals surface area contributed by atoms with Crippen molar-refractivity contribution in [1.29, 1.82) is 0 Å². The first-order chi connectivity index (χ1) is 8.52. The van der Waals surface area contributed by atoms with Gasteiger partial charge in [0.25, 0.3) is 0 Å². The second kappa shape index (κ2) is 6.85. The number of amides is 1. The molecule has 0 aliphatic carbocycles. The van der Waals surface area contributed by atoms with E-state index in [0.29, 0.717) is 13.0 Å². The van der Waals surface area contributed by atoms with Crippen LogP contribution >= 0.6 is 11.3 Å². The summed E-state index contributed by atoms with van der Waals surface area (Å²) in [6, 6.07) is 0. The SMILES string of the molecule is COC(=O)c1csc(CCNC(=O)CC(C)=O)n1. The quantitative estimate of drug-likeness (QED) is 0.603. The lowest BCUT2D eigenvalue weighted by Crippen LogP contribution is -2.27. The number of esters is 1. The van der Waals surface area contributed by atoms with E-state index >= 15 is 0 Å². The van der Waals surface area contributed by atoms with Gasteiger partial charge in [-0.2, -0.15) is 0 Å². The molecule has 0 aliphatic heterocycles. The summed E-state index contributed by atoms with van der Waals surface area (Å²) in [5.41, 5.74) is 0.271. The van der Waals surface area contributed by atoms with Gasteiger partial charge in [0.15, 0.2) is 5.69 Å². The third kappa shape index (κ3) is 4.62. The van der Waals surface area contributed by atoms with E-state index < -0.39 is 5.97 Å². The molecule has 0 aliphatic rings. The third-order valence-electron chi connectivity index (χ3n) is 2.02. The molecule has 7 heteroatoms. The van der Waals surface area contributed by atoms with Crippen molar-refractivity contribution in [1.82, 2.24) is 10.3 Å². The molecule has 0 bridgehead atoms. The molecule has 18 heavy (non-hydrogen) atoms. The van der Waals surface area contributed by atoms with Crippen LogP contribution in [0.2, 0.25) is 0 Å². The molecule has 1 amide bonds. The summed E-state index contributed by atoms with van der Waals surface area (Å²) in [4.78, 5) is 37.1. The minimum Gasteiger partial charge on any atom is -0.464 e. The van der Waals surface area contributed by atoms with E-state index in [1.54, 1.807) is 5.38 Å². The van der Waals surface area contributed by atoms with E-state index in [9.17, 15) is 14.4 Å². The number of ketones is 1. The standard InChI is InChI=1S/C11H14N2O4S/c1-7(14)5-9(15)12-4-3-10-13-8(6-18-10)11(16)17-2/h6H,3-5H2,1-2H3,(H,12,15). The Hall–Kier alpha value is -1.76. The van der Waals surface area contributed by atoms with Crippen LogP contribution in [0.15, 0.2) is 5.38 Å². The number of Topliss-reactive ketones (excluding diaryl/α,β-unsaturated/α-hetero) is 1. The van der Waals surface area contributed by atoms with Crippen LogP contribution in [0.3, 0.4) is 0 Å². The van der Waals surface area contributed by atoms with Crippen LogP contribution in [0.5, 0.6) is 0 Å². The zero-order valence-electron chi connectivity index (χ0n) is 10.2. The van der Waals surface area contributed by atoms with Crippen LogP contribution in [0.25, 0.3) is 0 Å². The van der Waals surface area contributed by atoms with Gasteiger partial charge in [0.1, 0.15) is 5.78 Å². The minimum atomic E-state index is -0.474. The fraction of sp³-hybridized carbons (Fsp3) is 0.455. The molecule has 0 spiro atoms. The first-order valence-electron chi connectivity index (χ1n) is 5.31. The highest BCUT2D eigenvalue weighted by Gasteiger charge is 2.10. The van der Waals surface area contributed by atoms with Gasteiger partial charge >= 0.3 is 5.97 Å². The van der Waals surface area contributed by atoms with Crippen LogP contribution in [0.1, 0.15) is 28.8 Å². The number of nitrogens with one attached hydrogen (secondary N) is 1. The van der Waals surface area contributed by atoms with E-state index in [4.69, 9.17) is 0 Å². The maximum absolute atomic E-state index is 11.2. The molecule has 0 fully saturated rings. The van der Waals surface area contributed by atoms with Crippen molar-refractivity contribution in [3.05, 3.63) is 16.1 Å². The summed E-state index contributed by atoms with van der Waals surface area (Å²) in [7, 11) is 1.29. The second-order valence-corrected chi connectivity index (χ2v) is 4.54. The Morgan fingerprint density at radius 1 is 1.44 bits per heavy atom. The monoisotopic (exact) mass is 270 g/mol. The molecule has 0 saturated carbocycles. The Labute approximate surface area is 108 Å². The third-order valence-corrected chi connectivity index (χ3v) is 2.93. The smallest absolute Gasteiger partial charge is 0.357 e. The average molecular weight is 270 g/mol. The molecule has 1 N–H and O–H groups in total. The van der Waals surface area contributed by atoms with Gasteiger partial charge in [0.2, 0.25) is 5.91 Å². The van der Waals surface area contributed by atoms with Crippen LogP contribution in [-0.2, 0) is 20.7 Å². The number of ether oxygens (including phenoxy) is 1. The van der Waals surface area contributed by atoms with E-state index in [-0.39, 0.29) is 23.8 Å². The number of aromatic nitrogens is 1. The maximum Gasteiger partial charge on any atom is 0.357 e. The van der Waals surface area contributed by atoms with Gasteiger partial charge in [-0.15, -0.1) is 11.3 Å². The molecule has 1 rings (SSSR count). The van der Waals surface area contributed by atoms with Crippen molar-refractivity contribution >= 4 is 29.0 Å². The minimum absolute atomic E-state index is 0.106. The van der Waals surface area contributed by atoms with Gasteiger partial charge in [-0.1, -0.05) is 0 Å². The maximum atomic E-state index is 11.2. The van der Waals surface area contributed by atoms with Gasteiger partial charge in [0, 0.05) is 18.3 Å². The topological polar surface area (TPSA) is 85.4 Å². The molecule has 0 unspecified atom stereocenters. The lowest BCUT2D eigenvalue weighted by Gasteiger charge is -2.01. The number of nitrogens with zero attached hydrogens (tertiary/aromatic N) is 1. The van der Waals surface area contributed by atoms with Gasteiger partial charge in [-0.05, 0) is 6.92 Å². The Morgan fingerprint density at radius 2 is 2.17 bits per heavy atom. The first kappa shape index (κ1) is 14.3. The molecule has 0 saturated heterocycles. The Bertz CT molecular complexity index is 456. The number of rotatable bonds is 6. The van der Waals surface area contributed by atoms with Gasteiger partial charge in [-0.3, -0.25) is 9.59 Å². The van der Waals surface area contributed by atoms with E-state index in [1.807, 2.05) is 0 Å². The van der Waals surface area contributed by atoms with Crippen LogP contribution in [-0.4, -0.2) is 36.3 Å². The van der Waals surface area contributed by atoms with Gasteiger partial charge < -0.3 is 10.1 Å². The molecule has 1 heterocycles. The van der Waals surface area contributed by atoms with Crippen molar-refractivity contribution in [2.75, 3.05) is 13.7 Å². The van der Waals surface area contributed by atoms with Gasteiger partial charge in [0.05, 0.1) is 18.5 Å². The van der Waals surface area contributed by atoms with Crippen molar-refractivity contribution in [2.45, 2.75) is 19.8 Å². The molecule has 0 aromatic carbocycles. The summed E-state index contributed by atoms with van der Waals surface area (Å²) in [6.45, 7) is 1.75.